The molecule has 0 bridgehead atoms. The third-order valence-electron chi connectivity index (χ3n) is 9.22. The topological polar surface area (TPSA) is 158 Å². The van der Waals surface area contributed by atoms with Crippen molar-refractivity contribution in [3.05, 3.63) is 0 Å². The molecule has 0 aromatic heterocycles. The summed E-state index contributed by atoms with van der Waals surface area (Å²) in [6.45, 7) is 4.71. The van der Waals surface area contributed by atoms with E-state index in [9.17, 15) is 24.5 Å². The molecule has 50 heavy (non-hydrogen) atoms. The maximum absolute atomic E-state index is 12.6. The molecule has 0 aliphatic rings. The zero-order valence-corrected chi connectivity index (χ0v) is 33.3. The number of unbranched alkanes of at least 4 members (excludes halogenated alkanes) is 22. The Morgan fingerprint density at radius 3 is 1.48 bits per heavy atom. The smallest absolute Gasteiger partial charge is 0.457 e. The van der Waals surface area contributed by atoms with Gasteiger partial charge in [0.25, 0.3) is 0 Å². The van der Waals surface area contributed by atoms with Gasteiger partial charge in [0.05, 0.1) is 32.0 Å². The summed E-state index contributed by atoms with van der Waals surface area (Å²) in [7, 11) is -4.30. The molecule has 10 nitrogen and oxygen atoms in total. The van der Waals surface area contributed by atoms with E-state index in [0.29, 0.717) is 25.9 Å². The largest absolute Gasteiger partial charge is 0.472 e. The number of hydrogen-bond donors (Lipinski definition) is 4. The van der Waals surface area contributed by atoms with Crippen LogP contribution in [0.25, 0.3) is 0 Å². The minimum absolute atomic E-state index is 0.0845. The Morgan fingerprint density at radius 2 is 1.00 bits per heavy atom. The fraction of sp³-hybridized carbons (Fsp3) is 0.974. The van der Waals surface area contributed by atoms with Crippen LogP contribution in [0, 0.1) is 0 Å². The minimum Gasteiger partial charge on any atom is -0.457 e. The Bertz CT molecular complexity index is 776. The Morgan fingerprint density at radius 1 is 0.580 bits per heavy atom. The lowest BCUT2D eigenvalue weighted by atomic mass is 10.00. The molecule has 5 N–H and O–H groups in total. The first-order chi connectivity index (χ1) is 24.3. The lowest BCUT2D eigenvalue weighted by Crippen LogP contribution is -2.28. The van der Waals surface area contributed by atoms with E-state index < -0.39 is 26.1 Å². The number of ether oxygens (including phenoxy) is 2. The number of nitrogens with two attached hydrogens (primary N) is 1. The average molecular weight is 738 g/mol. The van der Waals surface area contributed by atoms with Gasteiger partial charge >= 0.3 is 13.8 Å². The highest BCUT2D eigenvalue weighted by atomic mass is 31.2. The molecule has 0 radical (unpaired) electrons. The Hall–Kier alpha value is -0.580. The second kappa shape index (κ2) is 36.8. The lowest BCUT2D eigenvalue weighted by Gasteiger charge is -2.20. The van der Waals surface area contributed by atoms with E-state index in [-0.39, 0.29) is 38.8 Å². The molecule has 0 amide bonds. The molecule has 0 aliphatic carbocycles. The van der Waals surface area contributed by atoms with Crippen LogP contribution in [0.4, 0.5) is 0 Å². The third-order valence-corrected chi connectivity index (χ3v) is 10.2. The first-order valence-corrected chi connectivity index (χ1v) is 22.2. The van der Waals surface area contributed by atoms with Gasteiger partial charge in [0.2, 0.25) is 0 Å². The van der Waals surface area contributed by atoms with Crippen LogP contribution in [0.15, 0.2) is 0 Å². The van der Waals surface area contributed by atoms with Crippen molar-refractivity contribution < 1.29 is 43.0 Å². The summed E-state index contributed by atoms with van der Waals surface area (Å²) in [5.41, 5.74) is 5.35. The van der Waals surface area contributed by atoms with Gasteiger partial charge in [-0.1, -0.05) is 162 Å². The first kappa shape index (κ1) is 49.4. The van der Waals surface area contributed by atoms with Crippen molar-refractivity contribution in [2.45, 2.75) is 212 Å². The summed E-state index contributed by atoms with van der Waals surface area (Å²) in [6, 6.07) is 0. The maximum Gasteiger partial charge on any atom is 0.472 e. The van der Waals surface area contributed by atoms with Gasteiger partial charge in [-0.25, -0.2) is 4.57 Å². The Labute approximate surface area is 306 Å². The van der Waals surface area contributed by atoms with Crippen LogP contribution >= 0.6 is 7.82 Å². The normalized spacial score (nSPS) is 14.8. The molecule has 0 aliphatic heterocycles. The number of phosphoric acid groups is 1. The summed E-state index contributed by atoms with van der Waals surface area (Å²) in [5.74, 6) is -0.378. The number of phosphoric ester groups is 1. The lowest BCUT2D eigenvalue weighted by molar-refractivity contribution is -0.154. The molecule has 0 aromatic rings. The number of hydrogen-bond acceptors (Lipinski definition) is 9. The molecule has 11 heteroatoms. The SMILES string of the molecule is CCCCCCCCCCCCCCCCOCC(COP(=O)(O)OCCN)OC(=O)CCCCCCCCCC(O)C(O)CCCCCC. The molecule has 300 valence electrons. The van der Waals surface area contributed by atoms with E-state index in [1.807, 2.05) is 0 Å². The number of aliphatic hydroxyl groups excluding tert-OH is 2. The summed E-state index contributed by atoms with van der Waals surface area (Å²) >= 11 is 0. The fourth-order valence-corrected chi connectivity index (χ4v) is 6.79. The molecule has 0 fully saturated rings. The van der Waals surface area contributed by atoms with Crippen LogP contribution in [-0.4, -0.2) is 72.4 Å². The van der Waals surface area contributed by atoms with Crippen LogP contribution in [0.3, 0.4) is 0 Å². The summed E-state index contributed by atoms with van der Waals surface area (Å²) in [4.78, 5) is 22.4. The van der Waals surface area contributed by atoms with Crippen LogP contribution in [0.1, 0.15) is 194 Å². The fourth-order valence-electron chi connectivity index (χ4n) is 6.03. The summed E-state index contributed by atoms with van der Waals surface area (Å²) < 4.78 is 33.3. The molecule has 0 saturated carbocycles. The van der Waals surface area contributed by atoms with E-state index in [0.717, 1.165) is 70.6 Å². The standard InChI is InChI=1S/C39H80NO9P/c1-3-5-7-9-10-11-12-13-14-15-16-20-23-27-32-46-34-36(35-48-50(44,45)47-33-31-40)49-39(43)30-26-22-19-17-18-21-25-29-38(42)37(41)28-24-8-6-4-2/h36-38,41-42H,3-35,40H2,1-2H3,(H,44,45). The molecule has 4 unspecified atom stereocenters. The number of aliphatic hydroxyl groups is 2. The molecule has 0 spiro atoms. The molecule has 4 atom stereocenters. The molecular weight excluding hydrogens is 657 g/mol. The highest BCUT2D eigenvalue weighted by molar-refractivity contribution is 7.47. The van der Waals surface area contributed by atoms with E-state index in [1.165, 1.54) is 83.5 Å². The van der Waals surface area contributed by atoms with Crippen LogP contribution in [-0.2, 0) is 27.9 Å². The van der Waals surface area contributed by atoms with Gasteiger partial charge in [-0.15, -0.1) is 0 Å². The van der Waals surface area contributed by atoms with Crippen molar-refractivity contribution in [1.29, 1.82) is 0 Å². The van der Waals surface area contributed by atoms with Gasteiger partial charge in [0.15, 0.2) is 0 Å². The van der Waals surface area contributed by atoms with Gasteiger partial charge in [-0.2, -0.15) is 0 Å². The van der Waals surface area contributed by atoms with Crippen molar-refractivity contribution in [3.8, 4) is 0 Å². The van der Waals surface area contributed by atoms with Gasteiger partial charge in [0.1, 0.15) is 6.10 Å². The molecule has 0 rings (SSSR count). The van der Waals surface area contributed by atoms with Crippen molar-refractivity contribution >= 4 is 13.8 Å². The second-order valence-electron chi connectivity index (χ2n) is 14.2. The van der Waals surface area contributed by atoms with Crippen molar-refractivity contribution in [1.82, 2.24) is 0 Å². The molecular formula is C39H80NO9P. The highest BCUT2D eigenvalue weighted by Gasteiger charge is 2.25. The highest BCUT2D eigenvalue weighted by Crippen LogP contribution is 2.43. The molecule has 0 aromatic carbocycles. The van der Waals surface area contributed by atoms with Crippen molar-refractivity contribution in [2.75, 3.05) is 33.0 Å². The average Bonchev–Trinajstić information content (AvgIpc) is 3.10. The Kier molecular flexibility index (Phi) is 36.3. The van der Waals surface area contributed by atoms with Crippen LogP contribution in [0.2, 0.25) is 0 Å². The van der Waals surface area contributed by atoms with Gasteiger partial charge < -0.3 is 30.3 Å². The van der Waals surface area contributed by atoms with Crippen molar-refractivity contribution in [3.63, 3.8) is 0 Å². The number of carbonyl (C=O) groups is 1. The summed E-state index contributed by atoms with van der Waals surface area (Å²) in [6.07, 6.45) is 28.6. The zero-order valence-electron chi connectivity index (χ0n) is 32.4. The van der Waals surface area contributed by atoms with Gasteiger partial charge in [-0.05, 0) is 25.7 Å². The third kappa shape index (κ3) is 34.5. The van der Waals surface area contributed by atoms with Crippen LogP contribution < -0.4 is 5.73 Å². The Balaban J connectivity index is 4.11. The number of rotatable bonds is 40. The quantitative estimate of drug-likeness (QED) is 0.0271. The first-order valence-electron chi connectivity index (χ1n) is 20.7. The van der Waals surface area contributed by atoms with E-state index >= 15 is 0 Å². The van der Waals surface area contributed by atoms with E-state index in [4.69, 9.17) is 24.3 Å². The predicted molar refractivity (Wildman–Crippen MR) is 204 cm³/mol. The van der Waals surface area contributed by atoms with E-state index in [1.54, 1.807) is 0 Å². The predicted octanol–water partition coefficient (Wildman–Crippen LogP) is 9.69. The molecule has 0 saturated heterocycles. The van der Waals surface area contributed by atoms with Crippen molar-refractivity contribution in [2.24, 2.45) is 5.73 Å². The van der Waals surface area contributed by atoms with Crippen LogP contribution in [0.5, 0.6) is 0 Å². The van der Waals surface area contributed by atoms with Gasteiger partial charge in [0, 0.05) is 19.6 Å². The van der Waals surface area contributed by atoms with Gasteiger partial charge in [-0.3, -0.25) is 13.8 Å². The summed E-state index contributed by atoms with van der Waals surface area (Å²) in [5, 5.41) is 20.3. The zero-order chi connectivity index (χ0) is 37.0. The maximum atomic E-state index is 12.6. The number of carbonyl (C=O) groups excluding carboxylic acids is 1. The van der Waals surface area contributed by atoms with E-state index in [2.05, 4.69) is 13.8 Å². The number of esters is 1. The molecule has 0 heterocycles. The monoisotopic (exact) mass is 738 g/mol. The minimum atomic E-state index is -4.30. The second-order valence-corrected chi connectivity index (χ2v) is 15.6.